The largest absolute Gasteiger partial charge is 0.491 e. The van der Waals surface area contributed by atoms with E-state index >= 15 is 0 Å². The number of hydrogen-bond donors (Lipinski definition) is 0. The maximum atomic E-state index is 5.41. The van der Waals surface area contributed by atoms with Crippen molar-refractivity contribution in [1.29, 1.82) is 0 Å². The Kier molecular flexibility index (Phi) is 5.63. The summed E-state index contributed by atoms with van der Waals surface area (Å²) in [5.74, 6) is 1.09. The standard InChI is InChI=1S/C8H12O.C2H6/c1-3-8-6-4-5-7(2)9-8;1-2/h4-7H,3H2,1-2H3;1-2H3. The zero-order valence-electron chi connectivity index (χ0n) is 7.92. The summed E-state index contributed by atoms with van der Waals surface area (Å²) in [5.41, 5.74) is 0. The Morgan fingerprint density at radius 2 is 2.09 bits per heavy atom. The Bertz CT molecular complexity index is 145. The van der Waals surface area contributed by atoms with Crippen LogP contribution < -0.4 is 0 Å². The van der Waals surface area contributed by atoms with Gasteiger partial charge in [-0.1, -0.05) is 26.8 Å². The first kappa shape index (κ1) is 10.3. The van der Waals surface area contributed by atoms with Crippen molar-refractivity contribution in [2.75, 3.05) is 0 Å². The highest BCUT2D eigenvalue weighted by atomic mass is 16.5. The minimum absolute atomic E-state index is 0.268. The van der Waals surface area contributed by atoms with Gasteiger partial charge in [0, 0.05) is 6.42 Å². The number of hydrogen-bond acceptors (Lipinski definition) is 1. The van der Waals surface area contributed by atoms with E-state index < -0.39 is 0 Å². The van der Waals surface area contributed by atoms with E-state index in [1.54, 1.807) is 0 Å². The Morgan fingerprint density at radius 1 is 1.45 bits per heavy atom. The van der Waals surface area contributed by atoms with Gasteiger partial charge in [-0.25, -0.2) is 0 Å². The van der Waals surface area contributed by atoms with E-state index in [2.05, 4.69) is 6.92 Å². The number of ether oxygens (including phenoxy) is 1. The normalized spacial score (nSPS) is 21.1. The molecule has 64 valence electrons. The minimum Gasteiger partial charge on any atom is -0.491 e. The Balaban J connectivity index is 0.000000461. The van der Waals surface area contributed by atoms with Crippen molar-refractivity contribution >= 4 is 0 Å². The molecule has 1 heterocycles. The fraction of sp³-hybridized carbons (Fsp3) is 0.600. The van der Waals surface area contributed by atoms with Gasteiger partial charge in [0.2, 0.25) is 0 Å². The van der Waals surface area contributed by atoms with Crippen LogP contribution in [0.25, 0.3) is 0 Å². The molecule has 0 fully saturated rings. The highest BCUT2D eigenvalue weighted by Crippen LogP contribution is 2.12. The Hall–Kier alpha value is -0.720. The van der Waals surface area contributed by atoms with Crippen molar-refractivity contribution in [3.63, 3.8) is 0 Å². The quantitative estimate of drug-likeness (QED) is 0.563. The molecule has 0 aromatic rings. The summed E-state index contributed by atoms with van der Waals surface area (Å²) in [7, 11) is 0. The second kappa shape index (κ2) is 6.02. The summed E-state index contributed by atoms with van der Waals surface area (Å²) in [5, 5.41) is 0. The van der Waals surface area contributed by atoms with Crippen LogP contribution in [0.5, 0.6) is 0 Å². The molecular formula is C10H18O. The molecule has 1 aliphatic rings. The lowest BCUT2D eigenvalue weighted by Gasteiger charge is -2.15. The lowest BCUT2D eigenvalue weighted by molar-refractivity contribution is 0.159. The molecule has 1 heteroatoms. The summed E-state index contributed by atoms with van der Waals surface area (Å²) >= 11 is 0. The van der Waals surface area contributed by atoms with Crippen LogP contribution in [0.3, 0.4) is 0 Å². The molecule has 0 saturated heterocycles. The molecule has 1 unspecified atom stereocenters. The van der Waals surface area contributed by atoms with Crippen molar-refractivity contribution in [3.8, 4) is 0 Å². The minimum atomic E-state index is 0.268. The highest BCUT2D eigenvalue weighted by molar-refractivity contribution is 5.13. The molecule has 0 aliphatic carbocycles. The molecule has 0 radical (unpaired) electrons. The summed E-state index contributed by atoms with van der Waals surface area (Å²) in [4.78, 5) is 0. The van der Waals surface area contributed by atoms with Crippen LogP contribution in [-0.2, 0) is 4.74 Å². The van der Waals surface area contributed by atoms with Crippen LogP contribution in [0.2, 0.25) is 0 Å². The van der Waals surface area contributed by atoms with Gasteiger partial charge in [0.15, 0.2) is 0 Å². The fourth-order valence-corrected chi connectivity index (χ4v) is 0.838. The predicted octanol–water partition coefficient (Wildman–Crippen LogP) is 3.28. The third kappa shape index (κ3) is 3.87. The van der Waals surface area contributed by atoms with Crippen molar-refractivity contribution in [2.24, 2.45) is 0 Å². The topological polar surface area (TPSA) is 9.23 Å². The summed E-state index contributed by atoms with van der Waals surface area (Å²) in [6.07, 6.45) is 7.37. The van der Waals surface area contributed by atoms with Gasteiger partial charge in [0.25, 0.3) is 0 Å². The van der Waals surface area contributed by atoms with Crippen LogP contribution in [0.1, 0.15) is 34.1 Å². The molecule has 0 amide bonds. The van der Waals surface area contributed by atoms with Crippen LogP contribution in [0.15, 0.2) is 24.0 Å². The van der Waals surface area contributed by atoms with Crippen molar-refractivity contribution in [3.05, 3.63) is 24.0 Å². The van der Waals surface area contributed by atoms with Crippen molar-refractivity contribution < 1.29 is 4.74 Å². The van der Waals surface area contributed by atoms with E-state index in [0.717, 1.165) is 12.2 Å². The van der Waals surface area contributed by atoms with Gasteiger partial charge in [-0.05, 0) is 19.1 Å². The zero-order chi connectivity index (χ0) is 8.69. The molecule has 1 atom stereocenters. The van der Waals surface area contributed by atoms with E-state index in [9.17, 15) is 0 Å². The van der Waals surface area contributed by atoms with Crippen LogP contribution in [-0.4, -0.2) is 6.10 Å². The molecule has 1 rings (SSSR count). The second-order valence-corrected chi connectivity index (χ2v) is 2.19. The van der Waals surface area contributed by atoms with E-state index in [0.29, 0.717) is 0 Å². The van der Waals surface area contributed by atoms with E-state index in [-0.39, 0.29) is 6.10 Å². The van der Waals surface area contributed by atoms with E-state index in [4.69, 9.17) is 4.74 Å². The Morgan fingerprint density at radius 3 is 2.45 bits per heavy atom. The molecule has 1 nitrogen and oxygen atoms in total. The summed E-state index contributed by atoms with van der Waals surface area (Å²) in [6.45, 7) is 8.14. The maximum Gasteiger partial charge on any atom is 0.114 e. The van der Waals surface area contributed by atoms with E-state index in [1.807, 2.05) is 39.0 Å². The lowest BCUT2D eigenvalue weighted by Crippen LogP contribution is -2.06. The summed E-state index contributed by atoms with van der Waals surface area (Å²) in [6, 6.07) is 0. The first-order valence-electron chi connectivity index (χ1n) is 4.37. The number of allylic oxidation sites excluding steroid dienone is 3. The molecular weight excluding hydrogens is 136 g/mol. The van der Waals surface area contributed by atoms with Crippen LogP contribution in [0.4, 0.5) is 0 Å². The van der Waals surface area contributed by atoms with Gasteiger partial charge >= 0.3 is 0 Å². The van der Waals surface area contributed by atoms with Gasteiger partial charge in [-0.3, -0.25) is 0 Å². The first-order chi connectivity index (χ1) is 5.33. The van der Waals surface area contributed by atoms with Gasteiger partial charge < -0.3 is 4.74 Å². The van der Waals surface area contributed by atoms with Gasteiger partial charge in [-0.2, -0.15) is 0 Å². The SMILES string of the molecule is CC.CCC1=CC=CC(C)O1. The molecule has 11 heavy (non-hydrogen) atoms. The lowest BCUT2D eigenvalue weighted by atomic mass is 10.2. The molecule has 0 aromatic heterocycles. The van der Waals surface area contributed by atoms with Gasteiger partial charge in [-0.15, -0.1) is 0 Å². The molecule has 0 spiro atoms. The Labute approximate surface area is 69.8 Å². The molecule has 0 saturated carbocycles. The van der Waals surface area contributed by atoms with Crippen molar-refractivity contribution in [1.82, 2.24) is 0 Å². The van der Waals surface area contributed by atoms with Gasteiger partial charge in [0.1, 0.15) is 6.10 Å². The highest BCUT2D eigenvalue weighted by Gasteiger charge is 2.02. The predicted molar refractivity (Wildman–Crippen MR) is 49.4 cm³/mol. The first-order valence-corrected chi connectivity index (χ1v) is 4.37. The zero-order valence-corrected chi connectivity index (χ0v) is 7.92. The monoisotopic (exact) mass is 154 g/mol. The molecule has 0 bridgehead atoms. The third-order valence-electron chi connectivity index (χ3n) is 1.35. The maximum absolute atomic E-state index is 5.41. The smallest absolute Gasteiger partial charge is 0.114 e. The molecule has 0 N–H and O–H groups in total. The van der Waals surface area contributed by atoms with Crippen molar-refractivity contribution in [2.45, 2.75) is 40.2 Å². The third-order valence-corrected chi connectivity index (χ3v) is 1.35. The second-order valence-electron chi connectivity index (χ2n) is 2.19. The average molecular weight is 154 g/mol. The number of rotatable bonds is 1. The average Bonchev–Trinajstić information content (AvgIpc) is 2.08. The molecule has 1 aliphatic heterocycles. The van der Waals surface area contributed by atoms with Gasteiger partial charge in [0.05, 0.1) is 5.76 Å². The molecule has 0 aromatic carbocycles. The summed E-state index contributed by atoms with van der Waals surface area (Å²) < 4.78 is 5.41. The van der Waals surface area contributed by atoms with Crippen LogP contribution in [0, 0.1) is 0 Å². The van der Waals surface area contributed by atoms with Crippen LogP contribution >= 0.6 is 0 Å². The fourth-order valence-electron chi connectivity index (χ4n) is 0.838. The van der Waals surface area contributed by atoms with E-state index in [1.165, 1.54) is 0 Å².